The molecular weight excluding hydrogens is 220 g/mol. The van der Waals surface area contributed by atoms with Gasteiger partial charge in [-0.05, 0) is 11.1 Å². The van der Waals surface area contributed by atoms with Crippen LogP contribution >= 0.6 is 0 Å². The second-order valence-electron chi connectivity index (χ2n) is 3.60. The van der Waals surface area contributed by atoms with Crippen molar-refractivity contribution < 1.29 is 14.6 Å². The van der Waals surface area contributed by atoms with Gasteiger partial charge in [-0.15, -0.1) is 0 Å². The topological polar surface area (TPSA) is 84.6 Å². The summed E-state index contributed by atoms with van der Waals surface area (Å²) in [7, 11) is 0. The molecule has 1 aromatic rings. The normalized spacial score (nSPS) is 10.2. The molecule has 0 aliphatic heterocycles. The van der Waals surface area contributed by atoms with Crippen LogP contribution < -0.4 is 11.1 Å². The number of ether oxygens (including phenoxy) is 1. The Bertz CT molecular complexity index is 355. The third-order valence-electron chi connectivity index (χ3n) is 2.16. The van der Waals surface area contributed by atoms with E-state index in [2.05, 4.69) is 5.32 Å². The highest BCUT2D eigenvalue weighted by atomic mass is 16.5. The third kappa shape index (κ3) is 5.44. The van der Waals surface area contributed by atoms with E-state index < -0.39 is 0 Å². The second-order valence-corrected chi connectivity index (χ2v) is 3.60. The largest absolute Gasteiger partial charge is 0.392 e. The van der Waals surface area contributed by atoms with Crippen molar-refractivity contribution in [3.8, 4) is 0 Å². The maximum Gasteiger partial charge on any atom is 0.246 e. The molecule has 94 valence electrons. The third-order valence-corrected chi connectivity index (χ3v) is 2.16. The van der Waals surface area contributed by atoms with Crippen molar-refractivity contribution >= 4 is 5.91 Å². The molecule has 0 bridgehead atoms. The Balaban J connectivity index is 2.31. The minimum atomic E-state index is -0.173. The van der Waals surface area contributed by atoms with Crippen LogP contribution in [0.25, 0.3) is 0 Å². The Morgan fingerprint density at radius 2 is 2.18 bits per heavy atom. The zero-order chi connectivity index (χ0) is 12.5. The minimum absolute atomic E-state index is 0.00139. The summed E-state index contributed by atoms with van der Waals surface area (Å²) in [4.78, 5) is 11.3. The fourth-order valence-corrected chi connectivity index (χ4v) is 1.34. The number of nitrogens with two attached hydrogens (primary N) is 1. The first-order valence-corrected chi connectivity index (χ1v) is 5.49. The molecule has 0 unspecified atom stereocenters. The number of carbonyl (C=O) groups is 1. The Morgan fingerprint density at radius 1 is 1.41 bits per heavy atom. The number of aliphatic hydroxyl groups is 1. The first kappa shape index (κ1) is 13.6. The summed E-state index contributed by atoms with van der Waals surface area (Å²) in [5.74, 6) is -0.173. The molecule has 4 N–H and O–H groups in total. The first-order valence-electron chi connectivity index (χ1n) is 5.49. The van der Waals surface area contributed by atoms with Crippen LogP contribution in [0.5, 0.6) is 0 Å². The van der Waals surface area contributed by atoms with E-state index in [0.29, 0.717) is 19.7 Å². The van der Waals surface area contributed by atoms with Crippen molar-refractivity contribution in [2.45, 2.75) is 13.2 Å². The highest BCUT2D eigenvalue weighted by Crippen LogP contribution is 2.04. The van der Waals surface area contributed by atoms with Gasteiger partial charge in [-0.25, -0.2) is 0 Å². The number of nitrogens with one attached hydrogen (secondary N) is 1. The summed E-state index contributed by atoms with van der Waals surface area (Å²) in [6, 6.07) is 7.41. The van der Waals surface area contributed by atoms with Gasteiger partial charge in [0, 0.05) is 13.1 Å². The molecule has 0 spiro atoms. The fourth-order valence-electron chi connectivity index (χ4n) is 1.34. The van der Waals surface area contributed by atoms with Gasteiger partial charge in [0.15, 0.2) is 0 Å². The van der Waals surface area contributed by atoms with Crippen LogP contribution in [0.4, 0.5) is 0 Å². The standard InChI is InChI=1S/C12H18N2O3/c13-4-5-17-9-12(16)14-7-10-2-1-3-11(6-10)8-15/h1-3,6,15H,4-5,7-9,13H2,(H,14,16). The molecule has 0 atom stereocenters. The van der Waals surface area contributed by atoms with Gasteiger partial charge in [-0.1, -0.05) is 24.3 Å². The molecule has 0 aliphatic carbocycles. The summed E-state index contributed by atoms with van der Waals surface area (Å²) >= 11 is 0. The Morgan fingerprint density at radius 3 is 2.88 bits per heavy atom. The van der Waals surface area contributed by atoms with Crippen LogP contribution in [0.1, 0.15) is 11.1 Å². The number of carbonyl (C=O) groups excluding carboxylic acids is 1. The lowest BCUT2D eigenvalue weighted by Gasteiger charge is -2.06. The molecule has 0 aliphatic rings. The molecule has 0 saturated carbocycles. The Hall–Kier alpha value is -1.43. The predicted molar refractivity (Wildman–Crippen MR) is 64.1 cm³/mol. The van der Waals surface area contributed by atoms with E-state index >= 15 is 0 Å². The molecular formula is C12H18N2O3. The summed E-state index contributed by atoms with van der Waals surface area (Å²) in [5, 5.41) is 11.7. The van der Waals surface area contributed by atoms with Gasteiger partial charge in [0.2, 0.25) is 5.91 Å². The summed E-state index contributed by atoms with van der Waals surface area (Å²) < 4.78 is 5.00. The number of hydrogen-bond acceptors (Lipinski definition) is 4. The second kappa shape index (κ2) is 7.78. The summed E-state index contributed by atoms with van der Waals surface area (Å²) in [6.45, 7) is 1.25. The van der Waals surface area contributed by atoms with Crippen LogP contribution in [0.15, 0.2) is 24.3 Å². The number of benzene rings is 1. The van der Waals surface area contributed by atoms with E-state index in [1.807, 2.05) is 24.3 Å². The van der Waals surface area contributed by atoms with E-state index in [9.17, 15) is 4.79 Å². The van der Waals surface area contributed by atoms with Crippen molar-refractivity contribution in [2.75, 3.05) is 19.8 Å². The lowest BCUT2D eigenvalue weighted by molar-refractivity contribution is -0.125. The van der Waals surface area contributed by atoms with Gasteiger partial charge in [-0.3, -0.25) is 4.79 Å². The molecule has 0 aromatic heterocycles. The highest BCUT2D eigenvalue weighted by molar-refractivity contribution is 5.77. The van der Waals surface area contributed by atoms with E-state index in [1.54, 1.807) is 0 Å². The Labute approximate surface area is 101 Å². The molecule has 0 radical (unpaired) electrons. The van der Waals surface area contributed by atoms with Gasteiger partial charge in [-0.2, -0.15) is 0 Å². The van der Waals surface area contributed by atoms with Gasteiger partial charge in [0.25, 0.3) is 0 Å². The van der Waals surface area contributed by atoms with E-state index in [0.717, 1.165) is 11.1 Å². The molecule has 0 heterocycles. The maximum atomic E-state index is 11.3. The van der Waals surface area contributed by atoms with Crippen LogP contribution in [0, 0.1) is 0 Å². The van der Waals surface area contributed by atoms with Crippen LogP contribution in [-0.2, 0) is 22.7 Å². The van der Waals surface area contributed by atoms with Crippen molar-refractivity contribution in [3.05, 3.63) is 35.4 Å². The Kier molecular flexibility index (Phi) is 6.24. The lowest BCUT2D eigenvalue weighted by Crippen LogP contribution is -2.28. The van der Waals surface area contributed by atoms with Gasteiger partial charge in [0.05, 0.1) is 13.2 Å². The number of aliphatic hydroxyl groups excluding tert-OH is 1. The average molecular weight is 238 g/mol. The molecule has 1 aromatic carbocycles. The molecule has 5 heteroatoms. The maximum absolute atomic E-state index is 11.3. The molecule has 0 saturated heterocycles. The van der Waals surface area contributed by atoms with E-state index in [1.165, 1.54) is 0 Å². The number of hydrogen-bond donors (Lipinski definition) is 3. The molecule has 17 heavy (non-hydrogen) atoms. The molecule has 0 fully saturated rings. The minimum Gasteiger partial charge on any atom is -0.392 e. The highest BCUT2D eigenvalue weighted by Gasteiger charge is 2.01. The fraction of sp³-hybridized carbons (Fsp3) is 0.417. The summed E-state index contributed by atoms with van der Waals surface area (Å²) in [6.07, 6.45) is 0. The van der Waals surface area contributed by atoms with Crippen LogP contribution in [-0.4, -0.2) is 30.8 Å². The van der Waals surface area contributed by atoms with Crippen LogP contribution in [0.2, 0.25) is 0 Å². The molecule has 1 rings (SSSR count). The van der Waals surface area contributed by atoms with E-state index in [-0.39, 0.29) is 19.1 Å². The average Bonchev–Trinajstić information content (AvgIpc) is 2.37. The monoisotopic (exact) mass is 238 g/mol. The SMILES string of the molecule is NCCOCC(=O)NCc1cccc(CO)c1. The van der Waals surface area contributed by atoms with Crippen molar-refractivity contribution in [3.63, 3.8) is 0 Å². The molecule has 1 amide bonds. The molecule has 5 nitrogen and oxygen atoms in total. The lowest BCUT2D eigenvalue weighted by atomic mass is 10.1. The van der Waals surface area contributed by atoms with Crippen molar-refractivity contribution in [2.24, 2.45) is 5.73 Å². The zero-order valence-electron chi connectivity index (χ0n) is 9.69. The number of amides is 1. The van der Waals surface area contributed by atoms with E-state index in [4.69, 9.17) is 15.6 Å². The zero-order valence-corrected chi connectivity index (χ0v) is 9.69. The van der Waals surface area contributed by atoms with Crippen LogP contribution in [0.3, 0.4) is 0 Å². The smallest absolute Gasteiger partial charge is 0.246 e. The van der Waals surface area contributed by atoms with Crippen molar-refractivity contribution in [1.82, 2.24) is 5.32 Å². The predicted octanol–water partition coefficient (Wildman–Crippen LogP) is -0.230. The van der Waals surface area contributed by atoms with Crippen molar-refractivity contribution in [1.29, 1.82) is 0 Å². The van der Waals surface area contributed by atoms with Gasteiger partial charge >= 0.3 is 0 Å². The quantitative estimate of drug-likeness (QED) is 0.573. The van der Waals surface area contributed by atoms with Gasteiger partial charge < -0.3 is 20.9 Å². The first-order chi connectivity index (χ1) is 8.26. The van der Waals surface area contributed by atoms with Gasteiger partial charge in [0.1, 0.15) is 6.61 Å². The number of rotatable bonds is 7. The summed E-state index contributed by atoms with van der Waals surface area (Å²) in [5.41, 5.74) is 7.01.